The van der Waals surface area contributed by atoms with Crippen molar-refractivity contribution in [3.05, 3.63) is 21.9 Å². The Kier molecular flexibility index (Phi) is 4.73. The molecule has 2 N–H and O–H groups in total. The molecule has 1 fully saturated rings. The van der Waals surface area contributed by atoms with Gasteiger partial charge in [-0.2, -0.15) is 0 Å². The second-order valence-electron chi connectivity index (χ2n) is 5.97. The van der Waals surface area contributed by atoms with Crippen molar-refractivity contribution in [3.8, 4) is 0 Å². The largest absolute Gasteiger partial charge is 0.356 e. The van der Waals surface area contributed by atoms with Crippen molar-refractivity contribution in [1.29, 1.82) is 0 Å². The molecule has 0 unspecified atom stereocenters. The molecule has 2 aliphatic carbocycles. The van der Waals surface area contributed by atoms with Gasteiger partial charge in [0.05, 0.1) is 0 Å². The first-order valence-electron chi connectivity index (χ1n) is 7.92. The number of amides is 1. The molecule has 0 radical (unpaired) electrons. The maximum absolute atomic E-state index is 11.7. The first kappa shape index (κ1) is 14.1. The normalized spacial score (nSPS) is 22.1. The van der Waals surface area contributed by atoms with Gasteiger partial charge in [-0.05, 0) is 62.1 Å². The molecular formula is C16H24N2OS. The number of rotatable bonds is 6. The van der Waals surface area contributed by atoms with Crippen LogP contribution in [0.25, 0.3) is 0 Å². The second-order valence-corrected chi connectivity index (χ2v) is 6.97. The van der Waals surface area contributed by atoms with Crippen LogP contribution in [0.1, 0.15) is 55.0 Å². The topological polar surface area (TPSA) is 41.1 Å². The Bertz CT molecular complexity index is 453. The third-order valence-corrected chi connectivity index (χ3v) is 5.57. The lowest BCUT2D eigenvalue weighted by molar-refractivity contribution is -0.127. The minimum atomic E-state index is 0.272. The number of carbonyl (C=O) groups excluding carboxylic acids is 1. The van der Waals surface area contributed by atoms with Crippen LogP contribution in [0.4, 0.5) is 0 Å². The first-order valence-corrected chi connectivity index (χ1v) is 8.80. The van der Waals surface area contributed by atoms with Crippen molar-refractivity contribution < 1.29 is 4.79 Å². The van der Waals surface area contributed by atoms with Gasteiger partial charge in [-0.1, -0.05) is 6.42 Å². The van der Waals surface area contributed by atoms with Crippen LogP contribution in [0.2, 0.25) is 0 Å². The first-order chi connectivity index (χ1) is 9.84. The third kappa shape index (κ3) is 3.23. The van der Waals surface area contributed by atoms with Crippen molar-refractivity contribution >= 4 is 17.2 Å². The van der Waals surface area contributed by atoms with Crippen LogP contribution in [-0.4, -0.2) is 19.0 Å². The van der Waals surface area contributed by atoms with Gasteiger partial charge in [0, 0.05) is 23.4 Å². The van der Waals surface area contributed by atoms with Gasteiger partial charge in [0.2, 0.25) is 5.91 Å². The minimum absolute atomic E-state index is 0.272. The monoisotopic (exact) mass is 292 g/mol. The predicted molar refractivity (Wildman–Crippen MR) is 83.0 cm³/mol. The number of nitrogens with one attached hydrogen (secondary N) is 2. The van der Waals surface area contributed by atoms with E-state index < -0.39 is 0 Å². The summed E-state index contributed by atoms with van der Waals surface area (Å²) in [6.07, 6.45) is 8.23. The SMILES string of the molecule is O=C(NCCCN[C@H]1CCCc2sccc21)C1CCC1. The van der Waals surface area contributed by atoms with Crippen LogP contribution in [0.3, 0.4) is 0 Å². The molecule has 0 aliphatic heterocycles. The van der Waals surface area contributed by atoms with E-state index in [2.05, 4.69) is 22.1 Å². The van der Waals surface area contributed by atoms with Crippen LogP contribution in [-0.2, 0) is 11.2 Å². The van der Waals surface area contributed by atoms with Crippen molar-refractivity contribution in [2.24, 2.45) is 5.92 Å². The number of hydrogen-bond donors (Lipinski definition) is 2. The van der Waals surface area contributed by atoms with E-state index in [1.807, 2.05) is 11.3 Å². The van der Waals surface area contributed by atoms with Crippen LogP contribution in [0, 0.1) is 5.92 Å². The highest BCUT2D eigenvalue weighted by molar-refractivity contribution is 7.10. The van der Waals surface area contributed by atoms with Gasteiger partial charge >= 0.3 is 0 Å². The number of hydrogen-bond acceptors (Lipinski definition) is 3. The zero-order valence-corrected chi connectivity index (χ0v) is 12.8. The van der Waals surface area contributed by atoms with Gasteiger partial charge in [-0.15, -0.1) is 11.3 Å². The molecule has 3 rings (SSSR count). The summed E-state index contributed by atoms with van der Waals surface area (Å²) in [5.74, 6) is 0.587. The molecule has 20 heavy (non-hydrogen) atoms. The molecule has 110 valence electrons. The Labute approximate surface area is 125 Å². The van der Waals surface area contributed by atoms with Crippen molar-refractivity contribution in [3.63, 3.8) is 0 Å². The van der Waals surface area contributed by atoms with Crippen LogP contribution in [0.5, 0.6) is 0 Å². The Balaban J connectivity index is 1.33. The summed E-state index contributed by atoms with van der Waals surface area (Å²) in [5.41, 5.74) is 1.51. The lowest BCUT2D eigenvalue weighted by atomic mass is 9.85. The molecule has 2 aliphatic rings. The van der Waals surface area contributed by atoms with Gasteiger partial charge in [0.15, 0.2) is 0 Å². The Hall–Kier alpha value is -0.870. The molecule has 1 atom stereocenters. The van der Waals surface area contributed by atoms with E-state index in [9.17, 15) is 4.79 Å². The number of carbonyl (C=O) groups is 1. The lowest BCUT2D eigenvalue weighted by Crippen LogP contribution is -2.36. The number of fused-ring (bicyclic) bond motifs is 1. The predicted octanol–water partition coefficient (Wildman–Crippen LogP) is 3.02. The van der Waals surface area contributed by atoms with Gasteiger partial charge < -0.3 is 10.6 Å². The molecule has 1 aromatic heterocycles. The number of aryl methyl sites for hydroxylation is 1. The third-order valence-electron chi connectivity index (χ3n) is 4.57. The number of thiophene rings is 1. The molecule has 4 heteroatoms. The molecule has 1 saturated carbocycles. The van der Waals surface area contributed by atoms with Gasteiger partial charge in [-0.3, -0.25) is 4.79 Å². The van der Waals surface area contributed by atoms with Gasteiger partial charge in [0.1, 0.15) is 0 Å². The Morgan fingerprint density at radius 2 is 2.15 bits per heavy atom. The summed E-state index contributed by atoms with van der Waals surface area (Å²) in [6.45, 7) is 1.80. The average molecular weight is 292 g/mol. The molecule has 0 spiro atoms. The van der Waals surface area contributed by atoms with Gasteiger partial charge in [0.25, 0.3) is 0 Å². The van der Waals surface area contributed by atoms with E-state index in [1.54, 1.807) is 4.88 Å². The molecule has 0 saturated heterocycles. The molecule has 3 nitrogen and oxygen atoms in total. The summed E-state index contributed by atoms with van der Waals surface area (Å²) in [6, 6.07) is 2.81. The fourth-order valence-corrected chi connectivity index (χ4v) is 4.08. The standard InChI is InChI=1S/C16H24N2OS/c19-16(12-4-1-5-12)18-10-3-9-17-14-6-2-7-15-13(14)8-11-20-15/h8,11-12,14,17H,1-7,9-10H2,(H,18,19)/t14-/m0/s1. The fourth-order valence-electron chi connectivity index (χ4n) is 3.09. The highest BCUT2D eigenvalue weighted by Gasteiger charge is 2.24. The maximum Gasteiger partial charge on any atom is 0.223 e. The summed E-state index contributed by atoms with van der Waals surface area (Å²) < 4.78 is 0. The molecule has 1 amide bonds. The van der Waals surface area contributed by atoms with E-state index in [0.717, 1.165) is 32.4 Å². The minimum Gasteiger partial charge on any atom is -0.356 e. The fraction of sp³-hybridized carbons (Fsp3) is 0.688. The summed E-state index contributed by atoms with van der Waals surface area (Å²) in [7, 11) is 0. The van der Waals surface area contributed by atoms with Crippen LogP contribution < -0.4 is 10.6 Å². The molecule has 1 heterocycles. The van der Waals surface area contributed by atoms with E-state index >= 15 is 0 Å². The summed E-state index contributed by atoms with van der Waals surface area (Å²) in [5, 5.41) is 8.92. The zero-order chi connectivity index (χ0) is 13.8. The summed E-state index contributed by atoms with van der Waals surface area (Å²) >= 11 is 1.89. The zero-order valence-electron chi connectivity index (χ0n) is 12.0. The maximum atomic E-state index is 11.7. The highest BCUT2D eigenvalue weighted by atomic mass is 32.1. The van der Waals surface area contributed by atoms with E-state index in [0.29, 0.717) is 12.0 Å². The molecule has 0 bridgehead atoms. The lowest BCUT2D eigenvalue weighted by Gasteiger charge is -2.25. The van der Waals surface area contributed by atoms with E-state index in [-0.39, 0.29) is 5.91 Å². The summed E-state index contributed by atoms with van der Waals surface area (Å²) in [4.78, 5) is 13.3. The Morgan fingerprint density at radius 3 is 2.95 bits per heavy atom. The van der Waals surface area contributed by atoms with E-state index in [1.165, 1.54) is 31.2 Å². The molecule has 1 aromatic rings. The highest BCUT2D eigenvalue weighted by Crippen LogP contribution is 2.33. The van der Waals surface area contributed by atoms with Crippen LogP contribution >= 0.6 is 11.3 Å². The van der Waals surface area contributed by atoms with Crippen molar-refractivity contribution in [1.82, 2.24) is 10.6 Å². The van der Waals surface area contributed by atoms with E-state index in [4.69, 9.17) is 0 Å². The molecular weight excluding hydrogens is 268 g/mol. The van der Waals surface area contributed by atoms with Crippen molar-refractivity contribution in [2.75, 3.05) is 13.1 Å². The molecule has 0 aromatic carbocycles. The van der Waals surface area contributed by atoms with Crippen molar-refractivity contribution in [2.45, 2.75) is 51.0 Å². The average Bonchev–Trinajstić information content (AvgIpc) is 2.85. The van der Waals surface area contributed by atoms with Gasteiger partial charge in [-0.25, -0.2) is 0 Å². The van der Waals surface area contributed by atoms with Crippen LogP contribution in [0.15, 0.2) is 11.4 Å². The second kappa shape index (κ2) is 6.72. The quantitative estimate of drug-likeness (QED) is 0.791. The smallest absolute Gasteiger partial charge is 0.223 e. The Morgan fingerprint density at radius 1 is 1.25 bits per heavy atom.